The third kappa shape index (κ3) is 2.98. The normalized spacial score (nSPS) is 17.6. The van der Waals surface area contributed by atoms with Gasteiger partial charge in [0.05, 0.1) is 22.8 Å². The molecule has 0 saturated heterocycles. The molecule has 28 heavy (non-hydrogen) atoms. The number of carbonyl (C=O) groups excluding carboxylic acids is 1. The van der Waals surface area contributed by atoms with Gasteiger partial charge in [-0.2, -0.15) is 0 Å². The minimum absolute atomic E-state index is 0.0169. The molecule has 1 aromatic carbocycles. The van der Waals surface area contributed by atoms with Gasteiger partial charge in [0, 0.05) is 24.4 Å². The largest absolute Gasteiger partial charge is 0.490 e. The van der Waals surface area contributed by atoms with Crippen LogP contribution in [-0.4, -0.2) is 28.9 Å². The second kappa shape index (κ2) is 6.41. The first-order chi connectivity index (χ1) is 13.5. The van der Waals surface area contributed by atoms with E-state index in [1.807, 2.05) is 18.3 Å². The average Bonchev–Trinajstić information content (AvgIpc) is 3.10. The number of ether oxygens (including phenoxy) is 1. The molecule has 0 N–H and O–H groups in total. The van der Waals surface area contributed by atoms with Crippen LogP contribution in [0.25, 0.3) is 11.1 Å². The summed E-state index contributed by atoms with van der Waals surface area (Å²) in [4.78, 5) is 24.6. The van der Waals surface area contributed by atoms with Crippen LogP contribution in [0.15, 0.2) is 42.7 Å². The first-order valence-electron chi connectivity index (χ1n) is 9.48. The van der Waals surface area contributed by atoms with Crippen molar-refractivity contribution in [3.63, 3.8) is 0 Å². The molecule has 2 aromatic heterocycles. The number of thiazole rings is 1. The predicted molar refractivity (Wildman–Crippen MR) is 111 cm³/mol. The lowest BCUT2D eigenvalue weighted by molar-refractivity contribution is 0.0916. The molecule has 1 aliphatic heterocycles. The summed E-state index contributed by atoms with van der Waals surface area (Å²) in [6.45, 7) is 5.59. The van der Waals surface area contributed by atoms with Crippen molar-refractivity contribution in [2.45, 2.75) is 26.7 Å². The Labute approximate surface area is 168 Å². The Morgan fingerprint density at radius 1 is 1.18 bits per heavy atom. The van der Waals surface area contributed by atoms with Crippen molar-refractivity contribution < 1.29 is 9.53 Å². The first kappa shape index (κ1) is 17.4. The molecule has 3 aromatic rings. The zero-order chi connectivity index (χ0) is 19.3. The quantitative estimate of drug-likeness (QED) is 0.622. The van der Waals surface area contributed by atoms with Crippen molar-refractivity contribution in [2.75, 3.05) is 18.1 Å². The molecule has 0 amide bonds. The zero-order valence-electron chi connectivity index (χ0n) is 15.9. The number of aromatic nitrogens is 2. The number of hydrogen-bond donors (Lipinski definition) is 0. The van der Waals surface area contributed by atoms with Gasteiger partial charge in [-0.1, -0.05) is 37.3 Å². The van der Waals surface area contributed by atoms with Gasteiger partial charge < -0.3 is 9.64 Å². The molecule has 5 rings (SSSR count). The Kier molecular flexibility index (Phi) is 3.98. The summed E-state index contributed by atoms with van der Waals surface area (Å²) in [7, 11) is 0. The van der Waals surface area contributed by atoms with Gasteiger partial charge in [0.2, 0.25) is 0 Å². The van der Waals surface area contributed by atoms with E-state index < -0.39 is 0 Å². The fourth-order valence-electron chi connectivity index (χ4n) is 3.95. The first-order valence-corrected chi connectivity index (χ1v) is 10.3. The molecular weight excluding hydrogens is 370 g/mol. The summed E-state index contributed by atoms with van der Waals surface area (Å²) in [5.74, 6) is 1.06. The standard InChI is InChI=1S/C22H21N3O2S/c1-22(2)11-16-20(18(26)12-22)28-21(24-16)25-8-9-27-19-10-14(5-6-17(19)25)15-4-3-7-23-13-15/h3-7,10,13H,8-9,11-12H2,1-2H3. The molecule has 6 heteroatoms. The lowest BCUT2D eigenvalue weighted by Gasteiger charge is -2.29. The molecule has 0 saturated carbocycles. The molecular formula is C22H21N3O2S. The molecule has 0 fully saturated rings. The van der Waals surface area contributed by atoms with Crippen LogP contribution < -0.4 is 9.64 Å². The van der Waals surface area contributed by atoms with Crippen LogP contribution in [0.3, 0.4) is 0 Å². The molecule has 0 atom stereocenters. The number of hydrogen-bond acceptors (Lipinski definition) is 6. The highest BCUT2D eigenvalue weighted by Crippen LogP contribution is 2.44. The Balaban J connectivity index is 1.52. The van der Waals surface area contributed by atoms with Crippen molar-refractivity contribution in [1.82, 2.24) is 9.97 Å². The fourth-order valence-corrected chi connectivity index (χ4v) is 5.01. The SMILES string of the molecule is CC1(C)CC(=O)c2sc(N3CCOc4cc(-c5cccnc5)ccc43)nc2C1. The number of anilines is 2. The van der Waals surface area contributed by atoms with Crippen LogP contribution in [0.5, 0.6) is 5.75 Å². The van der Waals surface area contributed by atoms with E-state index in [0.717, 1.165) is 51.2 Å². The fraction of sp³-hybridized carbons (Fsp3) is 0.318. The van der Waals surface area contributed by atoms with Gasteiger partial charge in [0.25, 0.3) is 0 Å². The van der Waals surface area contributed by atoms with Gasteiger partial charge in [-0.05, 0) is 35.6 Å². The number of fused-ring (bicyclic) bond motifs is 2. The molecule has 0 unspecified atom stereocenters. The van der Waals surface area contributed by atoms with Crippen molar-refractivity contribution in [1.29, 1.82) is 0 Å². The van der Waals surface area contributed by atoms with Crippen LogP contribution in [0.4, 0.5) is 10.8 Å². The maximum Gasteiger partial charge on any atom is 0.190 e. The molecule has 2 aliphatic rings. The number of benzene rings is 1. The highest BCUT2D eigenvalue weighted by atomic mass is 32.1. The number of Topliss-reactive ketones (excluding diaryl/α,β-unsaturated/α-hetero) is 1. The van der Waals surface area contributed by atoms with Gasteiger partial charge in [0.15, 0.2) is 10.9 Å². The van der Waals surface area contributed by atoms with E-state index in [0.29, 0.717) is 13.0 Å². The summed E-state index contributed by atoms with van der Waals surface area (Å²) in [6.07, 6.45) is 5.06. The minimum atomic E-state index is -0.0169. The monoisotopic (exact) mass is 391 g/mol. The van der Waals surface area contributed by atoms with Crippen LogP contribution in [-0.2, 0) is 6.42 Å². The van der Waals surface area contributed by atoms with Crippen LogP contribution in [0, 0.1) is 5.41 Å². The number of rotatable bonds is 2. The topological polar surface area (TPSA) is 55.3 Å². The predicted octanol–water partition coefficient (Wildman–Crippen LogP) is 4.89. The summed E-state index contributed by atoms with van der Waals surface area (Å²) >= 11 is 1.51. The van der Waals surface area contributed by atoms with E-state index in [4.69, 9.17) is 9.72 Å². The van der Waals surface area contributed by atoms with Gasteiger partial charge in [-0.25, -0.2) is 4.98 Å². The molecule has 3 heterocycles. The van der Waals surface area contributed by atoms with E-state index >= 15 is 0 Å². The van der Waals surface area contributed by atoms with Crippen molar-refractivity contribution in [2.24, 2.45) is 5.41 Å². The highest BCUT2D eigenvalue weighted by Gasteiger charge is 2.35. The zero-order valence-corrected chi connectivity index (χ0v) is 16.8. The van der Waals surface area contributed by atoms with E-state index in [9.17, 15) is 4.79 Å². The number of pyridine rings is 1. The summed E-state index contributed by atoms with van der Waals surface area (Å²) in [6, 6.07) is 10.2. The number of carbonyl (C=O) groups is 1. The van der Waals surface area contributed by atoms with Gasteiger partial charge in [0.1, 0.15) is 12.4 Å². The minimum Gasteiger partial charge on any atom is -0.490 e. The summed E-state index contributed by atoms with van der Waals surface area (Å²) in [5.41, 5.74) is 4.06. The van der Waals surface area contributed by atoms with E-state index in [1.165, 1.54) is 11.3 Å². The third-order valence-electron chi connectivity index (χ3n) is 5.27. The summed E-state index contributed by atoms with van der Waals surface area (Å²) < 4.78 is 5.94. The van der Waals surface area contributed by atoms with Crippen LogP contribution in [0.1, 0.15) is 35.6 Å². The van der Waals surface area contributed by atoms with Crippen LogP contribution in [0.2, 0.25) is 0 Å². The molecule has 0 bridgehead atoms. The lowest BCUT2D eigenvalue weighted by atomic mass is 9.78. The molecule has 142 valence electrons. The van der Waals surface area contributed by atoms with Gasteiger partial charge >= 0.3 is 0 Å². The number of nitrogens with zero attached hydrogens (tertiary/aromatic N) is 3. The highest BCUT2D eigenvalue weighted by molar-refractivity contribution is 7.17. The van der Waals surface area contributed by atoms with Crippen molar-refractivity contribution in [3.8, 4) is 16.9 Å². The van der Waals surface area contributed by atoms with E-state index in [2.05, 4.69) is 41.9 Å². The maximum atomic E-state index is 12.6. The Morgan fingerprint density at radius 2 is 2.07 bits per heavy atom. The summed E-state index contributed by atoms with van der Waals surface area (Å²) in [5, 5.41) is 0.884. The van der Waals surface area contributed by atoms with Gasteiger partial charge in [-0.15, -0.1) is 0 Å². The average molecular weight is 391 g/mol. The second-order valence-corrected chi connectivity index (χ2v) is 9.12. The Hall–Kier alpha value is -2.73. The third-order valence-corrected chi connectivity index (χ3v) is 6.43. The lowest BCUT2D eigenvalue weighted by Crippen LogP contribution is -2.28. The van der Waals surface area contributed by atoms with Crippen molar-refractivity contribution >= 4 is 27.9 Å². The van der Waals surface area contributed by atoms with Crippen LogP contribution >= 0.6 is 11.3 Å². The molecule has 0 radical (unpaired) electrons. The maximum absolute atomic E-state index is 12.6. The van der Waals surface area contributed by atoms with E-state index in [-0.39, 0.29) is 11.2 Å². The Morgan fingerprint density at radius 3 is 2.89 bits per heavy atom. The second-order valence-electron chi connectivity index (χ2n) is 8.14. The molecule has 1 aliphatic carbocycles. The van der Waals surface area contributed by atoms with Gasteiger partial charge in [-0.3, -0.25) is 9.78 Å². The molecule has 5 nitrogen and oxygen atoms in total. The smallest absolute Gasteiger partial charge is 0.190 e. The molecule has 0 spiro atoms. The Bertz CT molecular complexity index is 1060. The van der Waals surface area contributed by atoms with E-state index in [1.54, 1.807) is 6.20 Å². The number of ketones is 1. The van der Waals surface area contributed by atoms with Crippen molar-refractivity contribution in [3.05, 3.63) is 53.3 Å².